The van der Waals surface area contributed by atoms with E-state index in [0.717, 1.165) is 0 Å². The number of carbonyl (C=O) groups excluding carboxylic acids is 1. The number of carbonyl (C=O) groups is 1. The van der Waals surface area contributed by atoms with E-state index in [9.17, 15) is 9.59 Å². The lowest BCUT2D eigenvalue weighted by Crippen LogP contribution is -2.45. The van der Waals surface area contributed by atoms with E-state index in [1.807, 2.05) is 0 Å². The Morgan fingerprint density at radius 1 is 1.39 bits per heavy atom. The van der Waals surface area contributed by atoms with E-state index in [-0.39, 0.29) is 18.0 Å². The molecule has 0 fully saturated rings. The molecular weight excluding hydrogens is 364 g/mol. The van der Waals surface area contributed by atoms with Crippen molar-refractivity contribution in [3.8, 4) is 0 Å². The van der Waals surface area contributed by atoms with E-state index in [2.05, 4.69) is 10.3 Å². The lowest BCUT2D eigenvalue weighted by Gasteiger charge is -2.27. The topological polar surface area (TPSA) is 96.1 Å². The number of fused-ring (bicyclic) bond motifs is 2. The van der Waals surface area contributed by atoms with Crippen molar-refractivity contribution in [3.05, 3.63) is 58.7 Å². The maximum absolute atomic E-state index is 12.8. The zero-order valence-corrected chi connectivity index (χ0v) is 15.7. The fourth-order valence-electron chi connectivity index (χ4n) is 3.25. The molecular formula is C19H20N4O5. The SMILES string of the molecule is CO[C@@H]1C=C[C@](CNC(=O)c2cc3c(=O)n4ccccc4nc3n2C)(OC)O1. The summed E-state index contributed by atoms with van der Waals surface area (Å²) in [4.78, 5) is 30.0. The molecule has 0 aliphatic carbocycles. The number of nitrogens with one attached hydrogen (secondary N) is 1. The Labute approximate surface area is 160 Å². The minimum atomic E-state index is -1.10. The standard InChI is InChI=1S/C19H20N4O5/c1-22-13(17(24)20-11-19(27-3)8-7-15(26-2)28-19)10-12-16(22)21-14-6-4-5-9-23(14)18(12)25/h4-10,15H,11H2,1-3H3,(H,20,24)/t15-,19-/m0/s1. The van der Waals surface area contributed by atoms with Gasteiger partial charge >= 0.3 is 0 Å². The van der Waals surface area contributed by atoms with E-state index >= 15 is 0 Å². The maximum Gasteiger partial charge on any atom is 0.268 e. The van der Waals surface area contributed by atoms with Crippen LogP contribution in [-0.4, -0.2) is 52.7 Å². The molecule has 0 saturated heterocycles. The second-order valence-electron chi connectivity index (χ2n) is 6.45. The van der Waals surface area contributed by atoms with Crippen LogP contribution >= 0.6 is 0 Å². The molecule has 1 aliphatic heterocycles. The normalized spacial score (nSPS) is 21.6. The van der Waals surface area contributed by atoms with Gasteiger partial charge in [-0.05, 0) is 30.4 Å². The molecule has 146 valence electrons. The van der Waals surface area contributed by atoms with E-state index in [1.54, 1.807) is 54.2 Å². The van der Waals surface area contributed by atoms with Gasteiger partial charge in [-0.25, -0.2) is 4.98 Å². The molecule has 0 spiro atoms. The summed E-state index contributed by atoms with van der Waals surface area (Å²) >= 11 is 0. The first-order valence-corrected chi connectivity index (χ1v) is 8.68. The van der Waals surface area contributed by atoms with Gasteiger partial charge in [-0.3, -0.25) is 14.0 Å². The minimum absolute atomic E-state index is 0.0780. The first-order valence-electron chi connectivity index (χ1n) is 8.68. The predicted octanol–water partition coefficient (Wildman–Crippen LogP) is 0.818. The van der Waals surface area contributed by atoms with Gasteiger partial charge in [0.25, 0.3) is 11.5 Å². The van der Waals surface area contributed by atoms with Gasteiger partial charge < -0.3 is 24.1 Å². The monoisotopic (exact) mass is 384 g/mol. The number of ether oxygens (including phenoxy) is 3. The minimum Gasteiger partial charge on any atom is -0.352 e. The predicted molar refractivity (Wildman–Crippen MR) is 101 cm³/mol. The van der Waals surface area contributed by atoms with Crippen LogP contribution in [0.1, 0.15) is 10.5 Å². The first-order chi connectivity index (χ1) is 13.5. The smallest absolute Gasteiger partial charge is 0.268 e. The summed E-state index contributed by atoms with van der Waals surface area (Å²) in [6, 6.07) is 6.84. The quantitative estimate of drug-likeness (QED) is 0.655. The molecule has 0 saturated carbocycles. The van der Waals surface area contributed by atoms with Crippen LogP contribution in [0.2, 0.25) is 0 Å². The lowest BCUT2D eigenvalue weighted by atomic mass is 10.2. The maximum atomic E-state index is 12.8. The second kappa shape index (κ2) is 6.86. The van der Waals surface area contributed by atoms with E-state index in [4.69, 9.17) is 14.2 Å². The van der Waals surface area contributed by atoms with Crippen molar-refractivity contribution in [3.63, 3.8) is 0 Å². The van der Waals surface area contributed by atoms with Gasteiger partial charge in [-0.2, -0.15) is 0 Å². The molecule has 1 N–H and O–H groups in total. The van der Waals surface area contributed by atoms with Crippen molar-refractivity contribution < 1.29 is 19.0 Å². The van der Waals surface area contributed by atoms with Crippen molar-refractivity contribution in [2.75, 3.05) is 20.8 Å². The molecule has 3 aromatic rings. The third-order valence-electron chi connectivity index (χ3n) is 4.84. The average molecular weight is 384 g/mol. The summed E-state index contributed by atoms with van der Waals surface area (Å²) in [5, 5.41) is 3.16. The molecule has 9 nitrogen and oxygen atoms in total. The van der Waals surface area contributed by atoms with Gasteiger partial charge in [0.2, 0.25) is 5.79 Å². The summed E-state index contributed by atoms with van der Waals surface area (Å²) in [5.74, 6) is -1.48. The van der Waals surface area contributed by atoms with Gasteiger partial charge in [0.15, 0.2) is 6.29 Å². The number of aromatic nitrogens is 3. The van der Waals surface area contributed by atoms with Crippen molar-refractivity contribution >= 4 is 22.6 Å². The molecule has 4 heterocycles. The van der Waals surface area contributed by atoms with Crippen molar-refractivity contribution in [1.29, 1.82) is 0 Å². The molecule has 4 rings (SSSR count). The number of aryl methyl sites for hydroxylation is 1. The number of hydrogen-bond donors (Lipinski definition) is 1. The van der Waals surface area contributed by atoms with E-state index < -0.39 is 12.1 Å². The number of amides is 1. The Morgan fingerprint density at radius 2 is 2.21 bits per heavy atom. The second-order valence-corrected chi connectivity index (χ2v) is 6.45. The molecule has 0 radical (unpaired) electrons. The van der Waals surface area contributed by atoms with Gasteiger partial charge in [-0.1, -0.05) is 6.07 Å². The Bertz CT molecular complexity index is 1150. The number of pyridine rings is 1. The zero-order chi connectivity index (χ0) is 19.9. The molecule has 3 aromatic heterocycles. The fourth-order valence-corrected chi connectivity index (χ4v) is 3.25. The van der Waals surface area contributed by atoms with Crippen molar-refractivity contribution in [2.45, 2.75) is 12.1 Å². The van der Waals surface area contributed by atoms with Gasteiger partial charge in [-0.15, -0.1) is 0 Å². The first kappa shape index (κ1) is 18.4. The number of hydrogen-bond acceptors (Lipinski definition) is 6. The number of methoxy groups -OCH3 is 2. The van der Waals surface area contributed by atoms with Crippen LogP contribution in [0.5, 0.6) is 0 Å². The Kier molecular flexibility index (Phi) is 4.50. The summed E-state index contributed by atoms with van der Waals surface area (Å²) < 4.78 is 19.2. The van der Waals surface area contributed by atoms with Crippen molar-refractivity contribution in [2.24, 2.45) is 7.05 Å². The molecule has 0 unspecified atom stereocenters. The van der Waals surface area contributed by atoms with Crippen LogP contribution in [0, 0.1) is 0 Å². The Balaban J connectivity index is 1.64. The van der Waals surface area contributed by atoms with Gasteiger partial charge in [0, 0.05) is 27.5 Å². The lowest BCUT2D eigenvalue weighted by molar-refractivity contribution is -0.238. The largest absolute Gasteiger partial charge is 0.352 e. The molecule has 1 aliphatic rings. The zero-order valence-electron chi connectivity index (χ0n) is 15.7. The van der Waals surface area contributed by atoms with Gasteiger partial charge in [0.05, 0.1) is 11.9 Å². The molecule has 2 atom stereocenters. The summed E-state index contributed by atoms with van der Waals surface area (Å²) in [5.41, 5.74) is 1.04. The Morgan fingerprint density at radius 3 is 2.93 bits per heavy atom. The highest BCUT2D eigenvalue weighted by Crippen LogP contribution is 2.24. The van der Waals surface area contributed by atoms with E-state index in [0.29, 0.717) is 22.4 Å². The summed E-state index contributed by atoms with van der Waals surface area (Å²) in [7, 11) is 4.70. The van der Waals surface area contributed by atoms with Crippen LogP contribution in [0.3, 0.4) is 0 Å². The average Bonchev–Trinajstić information content (AvgIpc) is 3.29. The van der Waals surface area contributed by atoms with Gasteiger partial charge in [0.1, 0.15) is 17.0 Å². The molecule has 0 bridgehead atoms. The highest BCUT2D eigenvalue weighted by molar-refractivity contribution is 5.98. The highest BCUT2D eigenvalue weighted by Gasteiger charge is 2.36. The number of rotatable bonds is 5. The summed E-state index contributed by atoms with van der Waals surface area (Å²) in [6.07, 6.45) is 4.52. The fraction of sp³-hybridized carbons (Fsp3) is 0.316. The molecule has 9 heteroatoms. The van der Waals surface area contributed by atoms with Crippen molar-refractivity contribution in [1.82, 2.24) is 19.3 Å². The molecule has 1 amide bonds. The van der Waals surface area contributed by atoms with Crippen LogP contribution in [-0.2, 0) is 21.3 Å². The Hall–Kier alpha value is -3.01. The third kappa shape index (κ3) is 2.89. The van der Waals surface area contributed by atoms with E-state index in [1.165, 1.54) is 18.6 Å². The van der Waals surface area contributed by atoms with Crippen LogP contribution in [0.4, 0.5) is 0 Å². The van der Waals surface area contributed by atoms with Crippen LogP contribution in [0.15, 0.2) is 47.4 Å². The van der Waals surface area contributed by atoms with Crippen LogP contribution < -0.4 is 10.9 Å². The molecule has 28 heavy (non-hydrogen) atoms. The summed E-state index contributed by atoms with van der Waals surface area (Å²) in [6.45, 7) is 0.0780. The molecule has 0 aromatic carbocycles. The van der Waals surface area contributed by atoms with Crippen LogP contribution in [0.25, 0.3) is 16.7 Å². The third-order valence-corrected chi connectivity index (χ3v) is 4.84. The highest BCUT2D eigenvalue weighted by atomic mass is 16.8. The number of nitrogens with zero attached hydrogens (tertiary/aromatic N) is 3.